The zero-order valence-corrected chi connectivity index (χ0v) is 14.5. The van der Waals surface area contributed by atoms with Crippen LogP contribution in [0.4, 0.5) is 5.82 Å². The van der Waals surface area contributed by atoms with E-state index in [0.717, 1.165) is 29.2 Å². The molecule has 0 saturated carbocycles. The number of likely N-dealkylation sites (tertiary alicyclic amines) is 1. The molecule has 110 valence electrons. The van der Waals surface area contributed by atoms with Crippen molar-refractivity contribution in [3.8, 4) is 0 Å². The van der Waals surface area contributed by atoms with Crippen LogP contribution >= 0.6 is 27.3 Å². The first-order valence-corrected chi connectivity index (χ1v) is 9.20. The van der Waals surface area contributed by atoms with E-state index < -0.39 is 0 Å². The van der Waals surface area contributed by atoms with E-state index in [1.807, 2.05) is 0 Å². The summed E-state index contributed by atoms with van der Waals surface area (Å²) in [7, 11) is 2.17. The van der Waals surface area contributed by atoms with Crippen LogP contribution in [0.3, 0.4) is 0 Å². The van der Waals surface area contributed by atoms with Gasteiger partial charge in [0.15, 0.2) is 10.8 Å². The highest BCUT2D eigenvalue weighted by molar-refractivity contribution is 9.08. The normalized spacial score (nSPS) is 20.1. The first-order chi connectivity index (χ1) is 9.74. The fourth-order valence-electron chi connectivity index (χ4n) is 3.17. The predicted molar refractivity (Wildman–Crippen MR) is 89.2 cm³/mol. The summed E-state index contributed by atoms with van der Waals surface area (Å²) in [5, 5.41) is 2.93. The van der Waals surface area contributed by atoms with Gasteiger partial charge in [-0.15, -0.1) is 11.3 Å². The van der Waals surface area contributed by atoms with E-state index in [-0.39, 0.29) is 0 Å². The Labute approximate surface area is 132 Å². The number of anilines is 1. The lowest BCUT2D eigenvalue weighted by molar-refractivity contribution is 0.270. The highest BCUT2D eigenvalue weighted by Crippen LogP contribution is 2.27. The van der Waals surface area contributed by atoms with Crippen molar-refractivity contribution in [2.45, 2.75) is 31.1 Å². The zero-order valence-electron chi connectivity index (χ0n) is 12.0. The summed E-state index contributed by atoms with van der Waals surface area (Å²) in [4.78, 5) is 10.8. The van der Waals surface area contributed by atoms with E-state index in [0.29, 0.717) is 6.04 Å². The van der Waals surface area contributed by atoms with Gasteiger partial charge in [-0.1, -0.05) is 22.9 Å². The van der Waals surface area contributed by atoms with Gasteiger partial charge >= 0.3 is 0 Å². The number of aromatic nitrogens is 2. The van der Waals surface area contributed by atoms with Crippen LogP contribution in [-0.2, 0) is 5.33 Å². The van der Waals surface area contributed by atoms with E-state index in [4.69, 9.17) is 4.98 Å². The lowest BCUT2D eigenvalue weighted by atomic mass is 10.2. The predicted octanol–water partition coefficient (Wildman–Crippen LogP) is 3.21. The first-order valence-electron chi connectivity index (χ1n) is 7.20. The largest absolute Gasteiger partial charge is 0.357 e. The maximum absolute atomic E-state index is 4.80. The second kappa shape index (κ2) is 6.03. The van der Waals surface area contributed by atoms with Gasteiger partial charge in [-0.2, -0.15) is 0 Å². The summed E-state index contributed by atoms with van der Waals surface area (Å²) in [5.41, 5.74) is 1.25. The van der Waals surface area contributed by atoms with Gasteiger partial charge in [0.05, 0.1) is 5.69 Å². The van der Waals surface area contributed by atoms with Gasteiger partial charge in [0.2, 0.25) is 0 Å². The molecule has 3 rings (SSSR count). The van der Waals surface area contributed by atoms with Crippen LogP contribution in [0.15, 0.2) is 11.6 Å². The van der Waals surface area contributed by atoms with Crippen LogP contribution in [0.1, 0.15) is 25.5 Å². The number of alkyl halides is 1. The smallest absolute Gasteiger partial charge is 0.195 e. The number of thiazole rings is 1. The van der Waals surface area contributed by atoms with Crippen molar-refractivity contribution in [1.29, 1.82) is 0 Å². The molecule has 2 aromatic rings. The number of fused-ring (bicyclic) bond motifs is 1. The molecule has 1 aliphatic heterocycles. The van der Waals surface area contributed by atoms with Crippen molar-refractivity contribution in [1.82, 2.24) is 14.3 Å². The summed E-state index contributed by atoms with van der Waals surface area (Å²) in [6.07, 6.45) is 4.74. The molecule has 0 radical (unpaired) electrons. The summed E-state index contributed by atoms with van der Waals surface area (Å²) in [6, 6.07) is 0.674. The van der Waals surface area contributed by atoms with Crippen LogP contribution in [0.5, 0.6) is 0 Å². The Kier molecular flexibility index (Phi) is 4.33. The number of imidazole rings is 1. The molecule has 2 aromatic heterocycles. The summed E-state index contributed by atoms with van der Waals surface area (Å²) in [6.45, 7) is 5.73. The average molecular weight is 357 g/mol. The van der Waals surface area contributed by atoms with Gasteiger partial charge in [0, 0.05) is 36.5 Å². The Morgan fingerprint density at radius 2 is 2.40 bits per heavy atom. The first kappa shape index (κ1) is 14.4. The highest BCUT2D eigenvalue weighted by atomic mass is 79.9. The molecule has 1 aliphatic rings. The van der Waals surface area contributed by atoms with E-state index in [2.05, 4.69) is 55.7 Å². The van der Waals surface area contributed by atoms with Gasteiger partial charge in [-0.25, -0.2) is 4.98 Å². The Hall–Kier alpha value is -0.590. The lowest BCUT2D eigenvalue weighted by Gasteiger charge is -2.28. The van der Waals surface area contributed by atoms with Gasteiger partial charge < -0.3 is 4.90 Å². The molecule has 3 heterocycles. The molecule has 0 spiro atoms. The fourth-order valence-corrected chi connectivity index (χ4v) is 4.42. The maximum Gasteiger partial charge on any atom is 0.195 e. The number of nitrogens with zero attached hydrogens (tertiary/aromatic N) is 4. The summed E-state index contributed by atoms with van der Waals surface area (Å²) >= 11 is 5.30. The molecule has 1 fully saturated rings. The van der Waals surface area contributed by atoms with Crippen LogP contribution < -0.4 is 4.90 Å². The van der Waals surface area contributed by atoms with Crippen molar-refractivity contribution in [2.75, 3.05) is 31.6 Å². The number of halogens is 1. The molecule has 1 saturated heterocycles. The van der Waals surface area contributed by atoms with E-state index in [1.54, 1.807) is 11.3 Å². The molecule has 0 amide bonds. The van der Waals surface area contributed by atoms with Crippen LogP contribution in [-0.4, -0.2) is 47.0 Å². The van der Waals surface area contributed by atoms with Crippen molar-refractivity contribution < 1.29 is 0 Å². The Balaban J connectivity index is 1.81. The monoisotopic (exact) mass is 356 g/mol. The number of hydrogen-bond acceptors (Lipinski definition) is 4. The molecule has 4 nitrogen and oxygen atoms in total. The topological polar surface area (TPSA) is 23.8 Å². The lowest BCUT2D eigenvalue weighted by Crippen LogP contribution is -2.39. The van der Waals surface area contributed by atoms with Gasteiger partial charge in [-0.3, -0.25) is 9.30 Å². The number of rotatable bonds is 5. The minimum Gasteiger partial charge on any atom is -0.357 e. The maximum atomic E-state index is 4.80. The van der Waals surface area contributed by atoms with Crippen LogP contribution in [0.25, 0.3) is 4.96 Å². The third kappa shape index (κ3) is 2.49. The van der Waals surface area contributed by atoms with E-state index >= 15 is 0 Å². The SMILES string of the molecule is CCN1CCCC1CN(C)c1nc2sccn2c1CBr. The molecule has 20 heavy (non-hydrogen) atoms. The molecule has 0 aromatic carbocycles. The summed E-state index contributed by atoms with van der Waals surface area (Å²) in [5.74, 6) is 1.12. The van der Waals surface area contributed by atoms with Crippen LogP contribution in [0, 0.1) is 0 Å². The zero-order chi connectivity index (χ0) is 14.1. The average Bonchev–Trinajstić information content (AvgIpc) is 3.12. The van der Waals surface area contributed by atoms with Crippen molar-refractivity contribution in [2.24, 2.45) is 0 Å². The third-order valence-electron chi connectivity index (χ3n) is 4.22. The molecule has 0 aliphatic carbocycles. The van der Waals surface area contributed by atoms with Crippen molar-refractivity contribution in [3.05, 3.63) is 17.3 Å². The third-order valence-corrected chi connectivity index (χ3v) is 5.51. The quantitative estimate of drug-likeness (QED) is 0.768. The van der Waals surface area contributed by atoms with Crippen molar-refractivity contribution >= 4 is 38.0 Å². The molecule has 0 bridgehead atoms. The second-order valence-corrected chi connectivity index (χ2v) is 6.81. The molecule has 1 unspecified atom stereocenters. The Bertz CT molecular complexity index is 579. The van der Waals surface area contributed by atoms with E-state index in [9.17, 15) is 0 Å². The van der Waals surface area contributed by atoms with Gasteiger partial charge in [0.1, 0.15) is 0 Å². The molecule has 0 N–H and O–H groups in total. The molecule has 1 atom stereocenters. The van der Waals surface area contributed by atoms with Crippen LogP contribution in [0.2, 0.25) is 0 Å². The Morgan fingerprint density at radius 3 is 3.15 bits per heavy atom. The highest BCUT2D eigenvalue weighted by Gasteiger charge is 2.26. The second-order valence-electron chi connectivity index (χ2n) is 5.38. The molecule has 6 heteroatoms. The minimum atomic E-state index is 0.674. The van der Waals surface area contributed by atoms with Gasteiger partial charge in [-0.05, 0) is 25.9 Å². The van der Waals surface area contributed by atoms with E-state index in [1.165, 1.54) is 25.1 Å². The summed E-state index contributed by atoms with van der Waals surface area (Å²) < 4.78 is 2.19. The van der Waals surface area contributed by atoms with Gasteiger partial charge in [0.25, 0.3) is 0 Å². The number of hydrogen-bond donors (Lipinski definition) is 0. The minimum absolute atomic E-state index is 0.674. The molecular weight excluding hydrogens is 336 g/mol. The standard InChI is InChI=1S/C14H21BrN4S/c1-3-18-6-4-5-11(18)10-17(2)13-12(9-15)19-7-8-20-14(19)16-13/h7-8,11H,3-6,9-10H2,1-2H3. The molecular formula is C14H21BrN4S. The number of likely N-dealkylation sites (N-methyl/N-ethyl adjacent to an activating group) is 2. The Morgan fingerprint density at radius 1 is 1.55 bits per heavy atom. The van der Waals surface area contributed by atoms with Crippen molar-refractivity contribution in [3.63, 3.8) is 0 Å². The fraction of sp³-hybridized carbons (Fsp3) is 0.643.